The predicted octanol–water partition coefficient (Wildman–Crippen LogP) is 22.3. The van der Waals surface area contributed by atoms with Crippen LogP contribution < -0.4 is 5.32 Å². The lowest BCUT2D eigenvalue weighted by molar-refractivity contribution is -0.143. The fourth-order valence-electron chi connectivity index (χ4n) is 10.8. The number of unbranched alkanes of at least 4 members (excludes halogenated alkanes) is 50. The lowest BCUT2D eigenvalue weighted by Gasteiger charge is -2.20. The van der Waals surface area contributed by atoms with E-state index in [1.807, 2.05) is 6.08 Å². The number of aliphatic hydroxyl groups excluding tert-OH is 2. The van der Waals surface area contributed by atoms with Gasteiger partial charge in [-0.25, -0.2) is 0 Å². The number of esters is 1. The van der Waals surface area contributed by atoms with Crippen LogP contribution in [-0.2, 0) is 14.3 Å². The average molecular weight is 1080 g/mol. The second-order valence-electron chi connectivity index (χ2n) is 23.9. The van der Waals surface area contributed by atoms with E-state index in [-0.39, 0.29) is 18.5 Å². The number of hydrogen-bond donors (Lipinski definition) is 3. The molecule has 0 aliphatic rings. The van der Waals surface area contributed by atoms with Gasteiger partial charge in [-0.15, -0.1) is 0 Å². The topological polar surface area (TPSA) is 95.9 Å². The molecule has 2 atom stereocenters. The zero-order valence-corrected chi connectivity index (χ0v) is 52.0. The molecule has 0 bridgehead atoms. The third-order valence-electron chi connectivity index (χ3n) is 16.2. The molecule has 0 rings (SSSR count). The normalized spacial score (nSPS) is 12.7. The summed E-state index contributed by atoms with van der Waals surface area (Å²) in [5.74, 6) is -0.0576. The van der Waals surface area contributed by atoms with Gasteiger partial charge in [0.2, 0.25) is 5.91 Å². The van der Waals surface area contributed by atoms with Crippen LogP contribution >= 0.6 is 0 Å². The number of hydrogen-bond acceptors (Lipinski definition) is 5. The molecule has 0 saturated heterocycles. The largest absolute Gasteiger partial charge is 0.466 e. The predicted molar refractivity (Wildman–Crippen MR) is 338 cm³/mol. The van der Waals surface area contributed by atoms with E-state index in [2.05, 4.69) is 43.5 Å². The molecule has 454 valence electrons. The van der Waals surface area contributed by atoms with E-state index >= 15 is 0 Å². The monoisotopic (exact) mass is 1080 g/mol. The average Bonchev–Trinajstić information content (AvgIpc) is 3.43. The molecule has 1 amide bonds. The smallest absolute Gasteiger partial charge is 0.305 e. The molecule has 0 aromatic carbocycles. The number of carbonyl (C=O) groups is 2. The Morgan fingerprint density at radius 3 is 1.01 bits per heavy atom. The van der Waals surface area contributed by atoms with Gasteiger partial charge in [-0.2, -0.15) is 0 Å². The van der Waals surface area contributed by atoms with E-state index in [0.29, 0.717) is 19.4 Å². The molecule has 0 radical (unpaired) electrons. The van der Waals surface area contributed by atoms with Gasteiger partial charge in [-0.1, -0.05) is 339 Å². The van der Waals surface area contributed by atoms with Crippen molar-refractivity contribution >= 4 is 11.9 Å². The third-order valence-corrected chi connectivity index (χ3v) is 16.2. The highest BCUT2D eigenvalue weighted by Gasteiger charge is 2.18. The van der Waals surface area contributed by atoms with E-state index in [0.717, 1.165) is 51.4 Å². The molecule has 0 aromatic rings. The zero-order valence-electron chi connectivity index (χ0n) is 52.0. The summed E-state index contributed by atoms with van der Waals surface area (Å²) >= 11 is 0. The number of allylic oxidation sites excluding steroid dienone is 5. The van der Waals surface area contributed by atoms with E-state index in [4.69, 9.17) is 4.74 Å². The molecule has 77 heavy (non-hydrogen) atoms. The number of aliphatic hydroxyl groups is 2. The van der Waals surface area contributed by atoms with E-state index < -0.39 is 12.1 Å². The van der Waals surface area contributed by atoms with E-state index in [1.165, 1.54) is 302 Å². The van der Waals surface area contributed by atoms with Gasteiger partial charge in [0.25, 0.3) is 0 Å². The molecule has 6 nitrogen and oxygen atoms in total. The quantitative estimate of drug-likeness (QED) is 0.0320. The Bertz CT molecular complexity index is 1250. The molecule has 6 heteroatoms. The van der Waals surface area contributed by atoms with Gasteiger partial charge in [0, 0.05) is 12.8 Å². The van der Waals surface area contributed by atoms with Crippen molar-refractivity contribution in [1.82, 2.24) is 5.32 Å². The Balaban J connectivity index is 3.40. The van der Waals surface area contributed by atoms with Gasteiger partial charge >= 0.3 is 5.97 Å². The van der Waals surface area contributed by atoms with Crippen LogP contribution in [0.15, 0.2) is 36.5 Å². The SMILES string of the molecule is CCCCC/C=C\C/C=C\CCCCCCCCCC(=O)OCCCCCCCCCCCCCCCCCCCCCCCCCC(=O)NC(CO)C(O)/C=C/CCCCCCCCCCCCCCCCCCCC. The highest BCUT2D eigenvalue weighted by Crippen LogP contribution is 2.18. The lowest BCUT2D eigenvalue weighted by Crippen LogP contribution is -2.45. The van der Waals surface area contributed by atoms with Crippen molar-refractivity contribution in [2.75, 3.05) is 13.2 Å². The van der Waals surface area contributed by atoms with Gasteiger partial charge in [0.15, 0.2) is 0 Å². The first-order valence-corrected chi connectivity index (χ1v) is 34.8. The van der Waals surface area contributed by atoms with Crippen LogP contribution in [0.5, 0.6) is 0 Å². The molecule has 0 spiro atoms. The first kappa shape index (κ1) is 75.1. The first-order valence-electron chi connectivity index (χ1n) is 34.8. The summed E-state index contributed by atoms with van der Waals surface area (Å²) < 4.78 is 5.50. The van der Waals surface area contributed by atoms with Crippen LogP contribution in [-0.4, -0.2) is 47.4 Å². The fourth-order valence-corrected chi connectivity index (χ4v) is 10.8. The first-order chi connectivity index (χ1) is 38.0. The highest BCUT2D eigenvalue weighted by molar-refractivity contribution is 5.76. The number of carbonyl (C=O) groups excluding carboxylic acids is 2. The summed E-state index contributed by atoms with van der Waals surface area (Å²) in [6.07, 6.45) is 84.9. The molecular weight excluding hydrogens is 947 g/mol. The highest BCUT2D eigenvalue weighted by atomic mass is 16.5. The molecule has 0 aromatic heterocycles. The Labute approximate surface area is 481 Å². The maximum atomic E-state index is 12.5. The Morgan fingerprint density at radius 1 is 0.364 bits per heavy atom. The van der Waals surface area contributed by atoms with Crippen LogP contribution in [0.2, 0.25) is 0 Å². The summed E-state index contributed by atoms with van der Waals surface area (Å²) in [5.41, 5.74) is 0. The van der Waals surface area contributed by atoms with Crippen molar-refractivity contribution in [3.05, 3.63) is 36.5 Å². The Hall–Kier alpha value is -1.92. The minimum atomic E-state index is -0.845. The summed E-state index contributed by atoms with van der Waals surface area (Å²) in [4.78, 5) is 24.6. The Kier molecular flexibility index (Phi) is 64.9. The summed E-state index contributed by atoms with van der Waals surface area (Å²) in [7, 11) is 0. The van der Waals surface area contributed by atoms with Crippen LogP contribution in [0.1, 0.15) is 380 Å². The second kappa shape index (κ2) is 66.6. The molecule has 0 fully saturated rings. The Morgan fingerprint density at radius 2 is 0.649 bits per heavy atom. The second-order valence-corrected chi connectivity index (χ2v) is 23.9. The van der Waals surface area contributed by atoms with Crippen LogP contribution in [0.4, 0.5) is 0 Å². The summed E-state index contributed by atoms with van der Waals surface area (Å²) in [6, 6.07) is -0.629. The van der Waals surface area contributed by atoms with Gasteiger partial charge < -0.3 is 20.3 Å². The number of ether oxygens (including phenoxy) is 1. The van der Waals surface area contributed by atoms with Crippen LogP contribution in [0.3, 0.4) is 0 Å². The van der Waals surface area contributed by atoms with Crippen molar-refractivity contribution in [2.24, 2.45) is 0 Å². The molecule has 2 unspecified atom stereocenters. The molecule has 3 N–H and O–H groups in total. The molecule has 0 aliphatic carbocycles. The van der Waals surface area contributed by atoms with E-state index in [9.17, 15) is 19.8 Å². The maximum Gasteiger partial charge on any atom is 0.305 e. The van der Waals surface area contributed by atoms with Crippen LogP contribution in [0, 0.1) is 0 Å². The lowest BCUT2D eigenvalue weighted by atomic mass is 10.0. The van der Waals surface area contributed by atoms with Crippen molar-refractivity contribution in [3.8, 4) is 0 Å². The van der Waals surface area contributed by atoms with Crippen molar-refractivity contribution in [1.29, 1.82) is 0 Å². The van der Waals surface area contributed by atoms with Gasteiger partial charge in [-0.3, -0.25) is 9.59 Å². The summed E-state index contributed by atoms with van der Waals surface area (Å²) in [6.45, 7) is 4.91. The number of amides is 1. The minimum absolute atomic E-state index is 0.00664. The number of nitrogens with one attached hydrogen (secondary N) is 1. The number of rotatable bonds is 65. The van der Waals surface area contributed by atoms with E-state index in [1.54, 1.807) is 6.08 Å². The van der Waals surface area contributed by atoms with Gasteiger partial charge in [0.1, 0.15) is 0 Å². The van der Waals surface area contributed by atoms with Crippen molar-refractivity contribution < 1.29 is 24.5 Å². The summed E-state index contributed by atoms with van der Waals surface area (Å²) in [5, 5.41) is 23.2. The van der Waals surface area contributed by atoms with Crippen molar-refractivity contribution in [2.45, 2.75) is 392 Å². The van der Waals surface area contributed by atoms with Gasteiger partial charge in [-0.05, 0) is 64.2 Å². The molecular formula is C71H135NO5. The fraction of sp³-hybridized carbons (Fsp3) is 0.887. The zero-order chi connectivity index (χ0) is 55.7. The minimum Gasteiger partial charge on any atom is -0.466 e. The van der Waals surface area contributed by atoms with Crippen molar-refractivity contribution in [3.63, 3.8) is 0 Å². The van der Waals surface area contributed by atoms with Gasteiger partial charge in [0.05, 0.1) is 25.4 Å². The molecule has 0 aliphatic heterocycles. The molecule has 0 saturated carbocycles. The molecule has 0 heterocycles. The third kappa shape index (κ3) is 63.1. The maximum absolute atomic E-state index is 12.5. The van der Waals surface area contributed by atoms with Crippen LogP contribution in [0.25, 0.3) is 0 Å². The standard InChI is InChI=1S/C71H135NO5/c1-3-5-7-9-11-13-15-17-19-21-22-28-32-35-39-43-47-51-55-59-63-69(74)68(67-73)72-70(75)64-60-56-52-48-44-40-36-33-29-26-24-23-25-27-30-34-38-42-46-50-54-58-62-66-77-71(76)65-61-57-53-49-45-41-37-31-20-18-16-14-12-10-8-6-4-2/h12,14,18,20,59,63,68-69,73-74H,3-11,13,15-17,19,21-58,60-62,64-67H2,1-2H3,(H,72,75)/b14-12-,20-18-,63-59+.